The van der Waals surface area contributed by atoms with Gasteiger partial charge < -0.3 is 14.4 Å². The van der Waals surface area contributed by atoms with Crippen molar-refractivity contribution in [3.8, 4) is 0 Å². The Bertz CT molecular complexity index is 675. The maximum atomic E-state index is 13.2. The fourth-order valence-electron chi connectivity index (χ4n) is 3.93. The predicted octanol–water partition coefficient (Wildman–Crippen LogP) is 5.39. The van der Waals surface area contributed by atoms with E-state index in [0.717, 1.165) is 49.3 Å². The van der Waals surface area contributed by atoms with E-state index in [9.17, 15) is 4.79 Å². The fraction of sp³-hybridized carbons (Fsp3) is 0.840. The number of rotatable bonds is 7. The Hall–Kier alpha value is -1.36. The molecule has 0 aromatic heterocycles. The van der Waals surface area contributed by atoms with Crippen LogP contribution in [0.1, 0.15) is 88.5 Å². The molecule has 5 heteroatoms. The minimum Gasteiger partial charge on any atom is -0.461 e. The van der Waals surface area contributed by atoms with Gasteiger partial charge in [0.05, 0.1) is 17.7 Å². The Balaban J connectivity index is 2.47. The van der Waals surface area contributed by atoms with Crippen molar-refractivity contribution in [2.75, 3.05) is 13.1 Å². The van der Waals surface area contributed by atoms with Gasteiger partial charge in [0.25, 0.3) is 0 Å². The third kappa shape index (κ3) is 7.11. The molecule has 30 heavy (non-hydrogen) atoms. The van der Waals surface area contributed by atoms with E-state index < -0.39 is 11.7 Å². The van der Waals surface area contributed by atoms with Crippen LogP contribution < -0.4 is 0 Å². The van der Waals surface area contributed by atoms with Crippen molar-refractivity contribution in [1.29, 1.82) is 0 Å². The van der Waals surface area contributed by atoms with Crippen molar-refractivity contribution in [3.05, 3.63) is 11.3 Å². The zero-order valence-electron chi connectivity index (χ0n) is 21.0. The van der Waals surface area contributed by atoms with E-state index in [-0.39, 0.29) is 12.1 Å². The van der Waals surface area contributed by atoms with Crippen molar-refractivity contribution < 1.29 is 14.3 Å². The molecule has 2 fully saturated rings. The molecule has 2 aliphatic rings. The van der Waals surface area contributed by atoms with Gasteiger partial charge in [-0.1, -0.05) is 20.8 Å². The standard InChI is InChI=1S/C25H44N2O3/c1-16(2)29-23(28)22(30-24(6,7)8)21(18(4)26-20-15-17(20)3)19(5)27-13-11-25(9,10)12-14-27/h16-17,20,22H,11-15H2,1-10H3/b21-19-,26-18?/t17?,20-,22+/m1/s1. The molecule has 1 saturated heterocycles. The van der Waals surface area contributed by atoms with Gasteiger partial charge in [-0.3, -0.25) is 4.99 Å². The molecule has 2 rings (SSSR count). The molecule has 1 unspecified atom stereocenters. The van der Waals surface area contributed by atoms with Crippen LogP contribution in [0.15, 0.2) is 16.3 Å². The Kier molecular flexibility index (Phi) is 7.82. The maximum absolute atomic E-state index is 13.2. The Morgan fingerprint density at radius 3 is 2.10 bits per heavy atom. The summed E-state index contributed by atoms with van der Waals surface area (Å²) < 4.78 is 12.0. The molecule has 0 radical (unpaired) electrons. The van der Waals surface area contributed by atoms with E-state index in [1.807, 2.05) is 41.5 Å². The van der Waals surface area contributed by atoms with Gasteiger partial charge in [0.1, 0.15) is 0 Å². The summed E-state index contributed by atoms with van der Waals surface area (Å²) in [7, 11) is 0. The van der Waals surface area contributed by atoms with Gasteiger partial charge in [0.2, 0.25) is 0 Å². The van der Waals surface area contributed by atoms with Crippen LogP contribution in [0.3, 0.4) is 0 Å². The van der Waals surface area contributed by atoms with Crippen LogP contribution in [0.5, 0.6) is 0 Å². The molecule has 5 nitrogen and oxygen atoms in total. The van der Waals surface area contributed by atoms with Crippen molar-refractivity contribution in [1.82, 2.24) is 4.90 Å². The summed E-state index contributed by atoms with van der Waals surface area (Å²) in [5.74, 6) is 0.284. The number of carbonyl (C=O) groups excluding carboxylic acids is 1. The molecular formula is C25H44N2O3. The minimum atomic E-state index is -0.778. The average Bonchev–Trinajstić information content (AvgIpc) is 3.26. The van der Waals surface area contributed by atoms with Gasteiger partial charge in [-0.25, -0.2) is 4.79 Å². The molecule has 1 heterocycles. The number of aliphatic imine (C=N–C) groups is 1. The number of nitrogens with zero attached hydrogens (tertiary/aromatic N) is 2. The van der Waals surface area contributed by atoms with Gasteiger partial charge >= 0.3 is 5.97 Å². The van der Waals surface area contributed by atoms with E-state index in [2.05, 4.69) is 32.6 Å². The fourth-order valence-corrected chi connectivity index (χ4v) is 3.93. The van der Waals surface area contributed by atoms with Crippen molar-refractivity contribution in [2.45, 2.75) is 112 Å². The molecule has 0 spiro atoms. The second-order valence-corrected chi connectivity index (χ2v) is 11.2. The summed E-state index contributed by atoms with van der Waals surface area (Å²) in [5, 5.41) is 0. The lowest BCUT2D eigenvalue weighted by molar-refractivity contribution is -0.165. The van der Waals surface area contributed by atoms with Crippen molar-refractivity contribution in [3.63, 3.8) is 0 Å². The molecule has 3 atom stereocenters. The van der Waals surface area contributed by atoms with Crippen LogP contribution in [0, 0.1) is 11.3 Å². The molecule has 1 aliphatic heterocycles. The zero-order chi connectivity index (χ0) is 22.9. The van der Waals surface area contributed by atoms with Crippen LogP contribution in [0.25, 0.3) is 0 Å². The van der Waals surface area contributed by atoms with E-state index in [1.165, 1.54) is 0 Å². The van der Waals surface area contributed by atoms with E-state index in [0.29, 0.717) is 17.4 Å². The average molecular weight is 421 g/mol. The highest BCUT2D eigenvalue weighted by molar-refractivity contribution is 6.04. The zero-order valence-corrected chi connectivity index (χ0v) is 21.0. The molecule has 1 saturated carbocycles. The van der Waals surface area contributed by atoms with E-state index in [4.69, 9.17) is 14.5 Å². The quantitative estimate of drug-likeness (QED) is 0.409. The van der Waals surface area contributed by atoms with Gasteiger partial charge in [-0.2, -0.15) is 0 Å². The van der Waals surface area contributed by atoms with E-state index >= 15 is 0 Å². The molecule has 0 bridgehead atoms. The van der Waals surface area contributed by atoms with Crippen LogP contribution >= 0.6 is 0 Å². The Labute approximate surface area is 184 Å². The van der Waals surface area contributed by atoms with Crippen LogP contribution in [-0.4, -0.2) is 53.5 Å². The Morgan fingerprint density at radius 2 is 1.67 bits per heavy atom. The normalized spacial score (nSPS) is 26.4. The third-order valence-electron chi connectivity index (χ3n) is 6.10. The number of esters is 1. The Morgan fingerprint density at radius 1 is 1.13 bits per heavy atom. The van der Waals surface area contributed by atoms with Gasteiger partial charge in [-0.05, 0) is 79.1 Å². The molecular weight excluding hydrogens is 376 g/mol. The van der Waals surface area contributed by atoms with Gasteiger partial charge in [0.15, 0.2) is 6.10 Å². The predicted molar refractivity (Wildman–Crippen MR) is 124 cm³/mol. The number of hydrogen-bond donors (Lipinski definition) is 0. The monoisotopic (exact) mass is 420 g/mol. The largest absolute Gasteiger partial charge is 0.461 e. The summed E-state index contributed by atoms with van der Waals surface area (Å²) in [6.45, 7) is 22.7. The molecule has 0 aromatic rings. The summed E-state index contributed by atoms with van der Waals surface area (Å²) in [4.78, 5) is 20.5. The highest BCUT2D eigenvalue weighted by Crippen LogP contribution is 2.36. The molecule has 0 N–H and O–H groups in total. The highest BCUT2D eigenvalue weighted by Gasteiger charge is 2.38. The number of piperidine rings is 1. The van der Waals surface area contributed by atoms with E-state index in [1.54, 1.807) is 0 Å². The van der Waals surface area contributed by atoms with Gasteiger partial charge in [-0.15, -0.1) is 0 Å². The second-order valence-electron chi connectivity index (χ2n) is 11.2. The lowest BCUT2D eigenvalue weighted by Crippen LogP contribution is -2.42. The molecule has 0 amide bonds. The number of ether oxygens (including phenoxy) is 2. The molecule has 1 aliphatic carbocycles. The lowest BCUT2D eigenvalue weighted by atomic mass is 9.82. The van der Waals surface area contributed by atoms with Crippen LogP contribution in [-0.2, 0) is 14.3 Å². The number of likely N-dealkylation sites (tertiary alicyclic amines) is 1. The first-order valence-electron chi connectivity index (χ1n) is 11.6. The summed E-state index contributed by atoms with van der Waals surface area (Å²) in [6, 6.07) is 0.351. The first-order valence-corrected chi connectivity index (χ1v) is 11.6. The number of allylic oxidation sites excluding steroid dienone is 1. The minimum absolute atomic E-state index is 0.193. The first kappa shape index (κ1) is 24.9. The van der Waals surface area contributed by atoms with Gasteiger partial charge in [0, 0.05) is 30.1 Å². The van der Waals surface area contributed by atoms with Crippen LogP contribution in [0.4, 0.5) is 0 Å². The summed E-state index contributed by atoms with van der Waals surface area (Å²) in [5.41, 5.74) is 2.76. The van der Waals surface area contributed by atoms with Crippen molar-refractivity contribution in [2.24, 2.45) is 16.3 Å². The lowest BCUT2D eigenvalue weighted by Gasteiger charge is -2.40. The number of carbonyl (C=O) groups is 1. The first-order chi connectivity index (χ1) is 13.7. The topological polar surface area (TPSA) is 51.1 Å². The molecule has 172 valence electrons. The number of hydrogen-bond acceptors (Lipinski definition) is 5. The maximum Gasteiger partial charge on any atom is 0.340 e. The third-order valence-corrected chi connectivity index (χ3v) is 6.10. The smallest absolute Gasteiger partial charge is 0.340 e. The summed E-state index contributed by atoms with van der Waals surface area (Å²) >= 11 is 0. The molecule has 0 aromatic carbocycles. The second kappa shape index (κ2) is 9.42. The highest BCUT2D eigenvalue weighted by atomic mass is 16.6. The van der Waals surface area contributed by atoms with Crippen LogP contribution in [0.2, 0.25) is 0 Å². The summed E-state index contributed by atoms with van der Waals surface area (Å²) in [6.07, 6.45) is 2.41. The SMILES string of the molecule is CC(=N[C@@H]1CC1C)/C(=C(\C)N1CCC(C)(C)CC1)[C@H](OC(C)(C)C)C(=O)OC(C)C. The van der Waals surface area contributed by atoms with Crippen molar-refractivity contribution >= 4 is 11.7 Å².